The third kappa shape index (κ3) is 3.23. The fourth-order valence-corrected chi connectivity index (χ4v) is 3.05. The SMILES string of the molecule is CCC1CCN(C(=O)C(C)N2CCNCC2)CC1. The second kappa shape index (κ2) is 6.53. The normalized spacial score (nSPS) is 25.1. The van der Waals surface area contributed by atoms with Gasteiger partial charge in [-0.05, 0) is 25.7 Å². The summed E-state index contributed by atoms with van der Waals surface area (Å²) in [5, 5.41) is 3.33. The zero-order valence-electron chi connectivity index (χ0n) is 11.8. The number of amides is 1. The maximum Gasteiger partial charge on any atom is 0.239 e. The van der Waals surface area contributed by atoms with Crippen molar-refractivity contribution in [2.24, 2.45) is 5.92 Å². The van der Waals surface area contributed by atoms with Gasteiger partial charge in [-0.2, -0.15) is 0 Å². The highest BCUT2D eigenvalue weighted by Crippen LogP contribution is 2.21. The van der Waals surface area contributed by atoms with E-state index in [1.165, 1.54) is 19.3 Å². The van der Waals surface area contributed by atoms with Gasteiger partial charge in [-0.3, -0.25) is 9.69 Å². The number of hydrogen-bond donors (Lipinski definition) is 1. The lowest BCUT2D eigenvalue weighted by atomic mass is 9.94. The van der Waals surface area contributed by atoms with Gasteiger partial charge in [0.25, 0.3) is 0 Å². The molecule has 1 unspecified atom stereocenters. The summed E-state index contributed by atoms with van der Waals surface area (Å²) in [5.74, 6) is 1.18. The third-order valence-electron chi connectivity index (χ3n) is 4.56. The predicted molar refractivity (Wildman–Crippen MR) is 73.5 cm³/mol. The molecule has 0 aliphatic carbocycles. The molecule has 104 valence electrons. The van der Waals surface area contributed by atoms with Gasteiger partial charge in [-0.15, -0.1) is 0 Å². The zero-order chi connectivity index (χ0) is 13.0. The number of piperidine rings is 1. The quantitative estimate of drug-likeness (QED) is 0.813. The Labute approximate surface area is 111 Å². The van der Waals surface area contributed by atoms with E-state index in [4.69, 9.17) is 0 Å². The standard InChI is InChI=1S/C14H27N3O/c1-3-13-4-8-17(9-5-13)14(18)12(2)16-10-6-15-7-11-16/h12-13,15H,3-11H2,1-2H3. The first-order valence-electron chi connectivity index (χ1n) is 7.46. The highest BCUT2D eigenvalue weighted by atomic mass is 16.2. The van der Waals surface area contributed by atoms with E-state index in [1.807, 2.05) is 0 Å². The van der Waals surface area contributed by atoms with E-state index in [9.17, 15) is 4.79 Å². The molecule has 1 atom stereocenters. The van der Waals surface area contributed by atoms with E-state index in [0.29, 0.717) is 5.91 Å². The highest BCUT2D eigenvalue weighted by Gasteiger charge is 2.29. The monoisotopic (exact) mass is 253 g/mol. The van der Waals surface area contributed by atoms with Crippen molar-refractivity contribution in [1.29, 1.82) is 0 Å². The molecular formula is C14H27N3O. The van der Waals surface area contributed by atoms with Crippen molar-refractivity contribution in [1.82, 2.24) is 15.1 Å². The van der Waals surface area contributed by atoms with E-state index < -0.39 is 0 Å². The molecule has 4 nitrogen and oxygen atoms in total. The number of hydrogen-bond acceptors (Lipinski definition) is 3. The lowest BCUT2D eigenvalue weighted by Crippen LogP contribution is -2.54. The molecule has 0 aromatic heterocycles. The predicted octanol–water partition coefficient (Wildman–Crippen LogP) is 0.929. The number of piperazine rings is 1. The van der Waals surface area contributed by atoms with Crippen LogP contribution in [0, 0.1) is 5.92 Å². The zero-order valence-corrected chi connectivity index (χ0v) is 11.8. The molecule has 0 bridgehead atoms. The van der Waals surface area contributed by atoms with Crippen LogP contribution >= 0.6 is 0 Å². The topological polar surface area (TPSA) is 35.6 Å². The summed E-state index contributed by atoms with van der Waals surface area (Å²) < 4.78 is 0. The average Bonchev–Trinajstić information content (AvgIpc) is 2.47. The van der Waals surface area contributed by atoms with Crippen molar-refractivity contribution in [3.05, 3.63) is 0 Å². The molecule has 4 heteroatoms. The Bertz CT molecular complexity index is 268. The molecule has 18 heavy (non-hydrogen) atoms. The largest absolute Gasteiger partial charge is 0.341 e. The molecule has 1 N–H and O–H groups in total. The minimum atomic E-state index is 0.0604. The molecule has 0 aromatic carbocycles. The Kier molecular flexibility index (Phi) is 5.01. The second-order valence-electron chi connectivity index (χ2n) is 5.64. The van der Waals surface area contributed by atoms with Crippen molar-refractivity contribution >= 4 is 5.91 Å². The van der Waals surface area contributed by atoms with Crippen LogP contribution < -0.4 is 5.32 Å². The first kappa shape index (κ1) is 13.8. The van der Waals surface area contributed by atoms with Gasteiger partial charge in [-0.25, -0.2) is 0 Å². The lowest BCUT2D eigenvalue weighted by Gasteiger charge is -2.37. The van der Waals surface area contributed by atoms with Gasteiger partial charge in [0.15, 0.2) is 0 Å². The third-order valence-corrected chi connectivity index (χ3v) is 4.56. The molecule has 0 aromatic rings. The number of likely N-dealkylation sites (tertiary alicyclic amines) is 1. The molecular weight excluding hydrogens is 226 g/mol. The summed E-state index contributed by atoms with van der Waals surface area (Å²) in [4.78, 5) is 16.8. The van der Waals surface area contributed by atoms with Crippen LogP contribution in [0.25, 0.3) is 0 Å². The first-order valence-corrected chi connectivity index (χ1v) is 7.46. The number of rotatable bonds is 3. The van der Waals surface area contributed by atoms with Crippen LogP contribution in [-0.2, 0) is 4.79 Å². The Hall–Kier alpha value is -0.610. The Balaban J connectivity index is 1.83. The summed E-state index contributed by atoms with van der Waals surface area (Å²) in [6.07, 6.45) is 3.64. The summed E-state index contributed by atoms with van der Waals surface area (Å²) in [7, 11) is 0. The van der Waals surface area contributed by atoms with Gasteiger partial charge < -0.3 is 10.2 Å². The van der Waals surface area contributed by atoms with Gasteiger partial charge >= 0.3 is 0 Å². The van der Waals surface area contributed by atoms with Gasteiger partial charge in [0, 0.05) is 39.3 Å². The van der Waals surface area contributed by atoms with Gasteiger partial charge in [0.1, 0.15) is 0 Å². The summed E-state index contributed by atoms with van der Waals surface area (Å²) in [5.41, 5.74) is 0. The molecule has 1 amide bonds. The molecule has 2 heterocycles. The molecule has 2 saturated heterocycles. The molecule has 2 aliphatic heterocycles. The molecule has 2 aliphatic rings. The van der Waals surface area contributed by atoms with Gasteiger partial charge in [0.2, 0.25) is 5.91 Å². The van der Waals surface area contributed by atoms with Crippen LogP contribution in [-0.4, -0.2) is 61.0 Å². The Morgan fingerprint density at radius 3 is 2.39 bits per heavy atom. The van der Waals surface area contributed by atoms with E-state index >= 15 is 0 Å². The summed E-state index contributed by atoms with van der Waals surface area (Å²) >= 11 is 0. The first-order chi connectivity index (χ1) is 8.72. The van der Waals surface area contributed by atoms with Crippen LogP contribution in [0.5, 0.6) is 0 Å². The molecule has 0 spiro atoms. The summed E-state index contributed by atoms with van der Waals surface area (Å²) in [6, 6.07) is 0.0604. The van der Waals surface area contributed by atoms with Gasteiger partial charge in [-0.1, -0.05) is 13.3 Å². The van der Waals surface area contributed by atoms with Crippen LogP contribution in [0.2, 0.25) is 0 Å². The van der Waals surface area contributed by atoms with E-state index in [-0.39, 0.29) is 6.04 Å². The van der Waals surface area contributed by atoms with Crippen LogP contribution in [0.4, 0.5) is 0 Å². The molecule has 0 radical (unpaired) electrons. The second-order valence-corrected chi connectivity index (χ2v) is 5.64. The molecule has 2 fully saturated rings. The van der Waals surface area contributed by atoms with E-state index in [0.717, 1.165) is 45.2 Å². The van der Waals surface area contributed by atoms with Crippen molar-refractivity contribution in [3.63, 3.8) is 0 Å². The minimum Gasteiger partial charge on any atom is -0.341 e. The van der Waals surface area contributed by atoms with Crippen LogP contribution in [0.1, 0.15) is 33.1 Å². The minimum absolute atomic E-state index is 0.0604. The number of carbonyl (C=O) groups is 1. The Morgan fingerprint density at radius 1 is 1.22 bits per heavy atom. The molecule has 2 rings (SSSR count). The van der Waals surface area contributed by atoms with E-state index in [2.05, 4.69) is 29.0 Å². The fraction of sp³-hybridized carbons (Fsp3) is 0.929. The van der Waals surface area contributed by atoms with E-state index in [1.54, 1.807) is 0 Å². The smallest absolute Gasteiger partial charge is 0.239 e. The Morgan fingerprint density at radius 2 is 1.83 bits per heavy atom. The molecule has 0 saturated carbocycles. The maximum absolute atomic E-state index is 12.5. The lowest BCUT2D eigenvalue weighted by molar-refractivity contribution is -0.138. The fourth-order valence-electron chi connectivity index (χ4n) is 3.05. The maximum atomic E-state index is 12.5. The number of nitrogens with zero attached hydrogens (tertiary/aromatic N) is 2. The highest BCUT2D eigenvalue weighted by molar-refractivity contribution is 5.81. The van der Waals surface area contributed by atoms with Crippen LogP contribution in [0.15, 0.2) is 0 Å². The number of nitrogens with one attached hydrogen (secondary N) is 1. The van der Waals surface area contributed by atoms with Crippen molar-refractivity contribution in [3.8, 4) is 0 Å². The van der Waals surface area contributed by atoms with Crippen molar-refractivity contribution in [2.45, 2.75) is 39.2 Å². The average molecular weight is 253 g/mol. The van der Waals surface area contributed by atoms with Crippen molar-refractivity contribution < 1.29 is 4.79 Å². The van der Waals surface area contributed by atoms with Gasteiger partial charge in [0.05, 0.1) is 6.04 Å². The van der Waals surface area contributed by atoms with Crippen molar-refractivity contribution in [2.75, 3.05) is 39.3 Å². The number of carbonyl (C=O) groups excluding carboxylic acids is 1. The van der Waals surface area contributed by atoms with Crippen LogP contribution in [0.3, 0.4) is 0 Å². The summed E-state index contributed by atoms with van der Waals surface area (Å²) in [6.45, 7) is 10.3.